The van der Waals surface area contributed by atoms with E-state index in [2.05, 4.69) is 4.90 Å². The van der Waals surface area contributed by atoms with Gasteiger partial charge in [-0.15, -0.1) is 0 Å². The molecule has 1 atom stereocenters. The molecule has 5 nitrogen and oxygen atoms in total. The minimum atomic E-state index is -0.702. The molecule has 2 fully saturated rings. The molecule has 0 aliphatic carbocycles. The fraction of sp³-hybridized carbons (Fsp3) is 0.579. The van der Waals surface area contributed by atoms with Crippen LogP contribution in [0.5, 0.6) is 0 Å². The van der Waals surface area contributed by atoms with E-state index in [9.17, 15) is 18.4 Å². The lowest BCUT2D eigenvalue weighted by atomic mass is 9.79. The zero-order chi connectivity index (χ0) is 18.7. The molecule has 1 spiro atoms. The molecule has 1 amide bonds. The summed E-state index contributed by atoms with van der Waals surface area (Å²) in [5, 5.41) is 0. The van der Waals surface area contributed by atoms with Crippen LogP contribution >= 0.6 is 0 Å². The van der Waals surface area contributed by atoms with Gasteiger partial charge in [0.05, 0.1) is 18.7 Å². The van der Waals surface area contributed by atoms with Gasteiger partial charge < -0.3 is 9.64 Å². The van der Waals surface area contributed by atoms with E-state index in [4.69, 9.17) is 4.74 Å². The first-order chi connectivity index (χ1) is 12.4. The molecule has 0 bridgehead atoms. The van der Waals surface area contributed by atoms with Gasteiger partial charge in [0.2, 0.25) is 0 Å². The fourth-order valence-corrected chi connectivity index (χ4v) is 4.10. The Morgan fingerprint density at radius 2 is 2.00 bits per heavy atom. The third-order valence-corrected chi connectivity index (χ3v) is 5.28. The maximum atomic E-state index is 13.9. The summed E-state index contributed by atoms with van der Waals surface area (Å²) in [5.41, 5.74) is -0.312. The maximum Gasteiger partial charge on any atom is 0.320 e. The zero-order valence-corrected chi connectivity index (χ0v) is 15.0. The number of halogens is 2. The molecule has 0 aromatic heterocycles. The highest BCUT2D eigenvalue weighted by atomic mass is 19.1. The van der Waals surface area contributed by atoms with Crippen molar-refractivity contribution in [2.24, 2.45) is 5.41 Å². The topological polar surface area (TPSA) is 49.9 Å². The second-order valence-corrected chi connectivity index (χ2v) is 7.22. The number of hydrogen-bond donors (Lipinski definition) is 0. The highest BCUT2D eigenvalue weighted by Crippen LogP contribution is 2.39. The van der Waals surface area contributed by atoms with E-state index in [0.29, 0.717) is 26.2 Å². The Morgan fingerprint density at radius 1 is 1.19 bits per heavy atom. The van der Waals surface area contributed by atoms with Crippen molar-refractivity contribution in [1.82, 2.24) is 9.80 Å². The second kappa shape index (κ2) is 7.70. The van der Waals surface area contributed by atoms with Gasteiger partial charge in [-0.2, -0.15) is 0 Å². The van der Waals surface area contributed by atoms with E-state index >= 15 is 0 Å². The van der Waals surface area contributed by atoms with E-state index in [0.717, 1.165) is 44.0 Å². The van der Waals surface area contributed by atoms with E-state index in [-0.39, 0.29) is 23.5 Å². The molecular formula is C19H24F2N2O3. The van der Waals surface area contributed by atoms with E-state index in [1.807, 2.05) is 0 Å². The number of esters is 1. The number of hydrogen-bond acceptors (Lipinski definition) is 4. The summed E-state index contributed by atoms with van der Waals surface area (Å²) < 4.78 is 32.4. The molecule has 0 N–H and O–H groups in total. The molecule has 2 heterocycles. The van der Waals surface area contributed by atoms with Gasteiger partial charge in [0.15, 0.2) is 0 Å². The zero-order valence-electron chi connectivity index (χ0n) is 15.0. The lowest BCUT2D eigenvalue weighted by Gasteiger charge is -2.40. The number of nitrogens with zero attached hydrogens (tertiary/aromatic N) is 2. The SMILES string of the molecule is CCOC(=O)CN1CC[C@@]2(CCCN(C(=O)c3cc(F)ccc3F)C2)C1. The molecule has 3 rings (SSSR count). The van der Waals surface area contributed by atoms with Crippen molar-refractivity contribution in [3.63, 3.8) is 0 Å². The smallest absolute Gasteiger partial charge is 0.320 e. The lowest BCUT2D eigenvalue weighted by Crippen LogP contribution is -2.47. The summed E-state index contributed by atoms with van der Waals surface area (Å²) in [6.07, 6.45) is 2.65. The van der Waals surface area contributed by atoms with Crippen molar-refractivity contribution in [3.05, 3.63) is 35.4 Å². The molecule has 0 unspecified atom stereocenters. The first-order valence-electron chi connectivity index (χ1n) is 9.05. The summed E-state index contributed by atoms with van der Waals surface area (Å²) in [5.74, 6) is -2.03. The van der Waals surface area contributed by atoms with Crippen LogP contribution in [0.3, 0.4) is 0 Å². The monoisotopic (exact) mass is 366 g/mol. The van der Waals surface area contributed by atoms with E-state index in [1.54, 1.807) is 11.8 Å². The molecule has 0 radical (unpaired) electrons. The standard InChI is InChI=1S/C19H24F2N2O3/c1-2-26-17(24)11-22-9-7-19(12-22)6-3-8-23(13-19)18(25)15-10-14(20)4-5-16(15)21/h4-5,10H,2-3,6-9,11-13H2,1H3/t19-/m0/s1. The Hall–Kier alpha value is -2.02. The molecule has 7 heteroatoms. The number of rotatable bonds is 4. The lowest BCUT2D eigenvalue weighted by molar-refractivity contribution is -0.144. The van der Waals surface area contributed by atoms with Gasteiger partial charge in [-0.3, -0.25) is 14.5 Å². The Bertz CT molecular complexity index is 697. The summed E-state index contributed by atoms with van der Waals surface area (Å²) >= 11 is 0. The first-order valence-corrected chi connectivity index (χ1v) is 9.05. The summed E-state index contributed by atoms with van der Waals surface area (Å²) in [6.45, 7) is 4.91. The van der Waals surface area contributed by atoms with Crippen molar-refractivity contribution in [3.8, 4) is 0 Å². The predicted octanol–water partition coefficient (Wildman–Crippen LogP) is 2.46. The van der Waals surface area contributed by atoms with Crippen LogP contribution in [0.25, 0.3) is 0 Å². The third-order valence-electron chi connectivity index (χ3n) is 5.28. The number of carbonyl (C=O) groups excluding carboxylic acids is 2. The van der Waals surface area contributed by atoms with Gasteiger partial charge in [0.1, 0.15) is 11.6 Å². The Balaban J connectivity index is 1.67. The average molecular weight is 366 g/mol. The maximum absolute atomic E-state index is 13.9. The number of carbonyl (C=O) groups is 2. The number of likely N-dealkylation sites (tertiary alicyclic amines) is 2. The highest BCUT2D eigenvalue weighted by molar-refractivity contribution is 5.94. The molecule has 2 aliphatic heterocycles. The normalized spacial score (nSPS) is 23.4. The van der Waals surface area contributed by atoms with Crippen LogP contribution in [0.15, 0.2) is 18.2 Å². The van der Waals surface area contributed by atoms with Gasteiger partial charge in [0, 0.05) is 25.0 Å². The molecule has 26 heavy (non-hydrogen) atoms. The number of ether oxygens (including phenoxy) is 1. The van der Waals surface area contributed by atoms with Crippen LogP contribution in [-0.4, -0.2) is 61.0 Å². The van der Waals surface area contributed by atoms with Crippen molar-refractivity contribution < 1.29 is 23.1 Å². The van der Waals surface area contributed by atoms with Crippen LogP contribution in [0.2, 0.25) is 0 Å². The van der Waals surface area contributed by atoms with Gasteiger partial charge in [-0.05, 0) is 50.9 Å². The molecule has 1 aromatic rings. The van der Waals surface area contributed by atoms with Gasteiger partial charge in [0.25, 0.3) is 5.91 Å². The molecule has 0 saturated carbocycles. The largest absolute Gasteiger partial charge is 0.465 e. The Labute approximate surface area is 151 Å². The van der Waals surface area contributed by atoms with Crippen molar-refractivity contribution >= 4 is 11.9 Å². The van der Waals surface area contributed by atoms with Crippen LogP contribution in [-0.2, 0) is 9.53 Å². The van der Waals surface area contributed by atoms with Crippen molar-refractivity contribution in [1.29, 1.82) is 0 Å². The minimum absolute atomic E-state index is 0.0930. The number of benzene rings is 1. The van der Waals surface area contributed by atoms with Gasteiger partial charge in [-0.25, -0.2) is 8.78 Å². The first kappa shape index (κ1) is 18.8. The Morgan fingerprint density at radius 3 is 2.77 bits per heavy atom. The molecule has 2 saturated heterocycles. The fourth-order valence-electron chi connectivity index (χ4n) is 4.10. The Kier molecular flexibility index (Phi) is 5.55. The summed E-state index contributed by atoms with van der Waals surface area (Å²) in [4.78, 5) is 28.1. The molecule has 1 aromatic carbocycles. The van der Waals surface area contributed by atoms with Crippen LogP contribution < -0.4 is 0 Å². The van der Waals surface area contributed by atoms with Crippen LogP contribution in [0.4, 0.5) is 8.78 Å². The van der Waals surface area contributed by atoms with Gasteiger partial charge >= 0.3 is 5.97 Å². The van der Waals surface area contributed by atoms with E-state index < -0.39 is 17.5 Å². The molecule has 2 aliphatic rings. The summed E-state index contributed by atoms with van der Waals surface area (Å²) in [7, 11) is 0. The predicted molar refractivity (Wildman–Crippen MR) is 91.6 cm³/mol. The second-order valence-electron chi connectivity index (χ2n) is 7.22. The third kappa shape index (κ3) is 4.03. The number of piperidine rings is 1. The molecular weight excluding hydrogens is 342 g/mol. The highest BCUT2D eigenvalue weighted by Gasteiger charge is 2.43. The number of amides is 1. The molecule has 142 valence electrons. The van der Waals surface area contributed by atoms with Crippen LogP contribution in [0, 0.1) is 17.0 Å². The average Bonchev–Trinajstić information content (AvgIpc) is 2.98. The van der Waals surface area contributed by atoms with E-state index in [1.165, 1.54) is 0 Å². The summed E-state index contributed by atoms with van der Waals surface area (Å²) in [6, 6.07) is 2.95. The minimum Gasteiger partial charge on any atom is -0.465 e. The quantitative estimate of drug-likeness (QED) is 0.768. The van der Waals surface area contributed by atoms with Crippen molar-refractivity contribution in [2.45, 2.75) is 26.2 Å². The van der Waals surface area contributed by atoms with Gasteiger partial charge in [-0.1, -0.05) is 0 Å². The van der Waals surface area contributed by atoms with Crippen molar-refractivity contribution in [2.75, 3.05) is 39.3 Å². The van der Waals surface area contributed by atoms with Crippen LogP contribution in [0.1, 0.15) is 36.5 Å².